The Morgan fingerprint density at radius 2 is 0.950 bits per heavy atom. The lowest BCUT2D eigenvalue weighted by atomic mass is 9.93. The van der Waals surface area contributed by atoms with Gasteiger partial charge in [-0.15, -0.1) is 0 Å². The molecule has 0 aliphatic rings. The van der Waals surface area contributed by atoms with Crippen molar-refractivity contribution in [1.29, 1.82) is 0 Å². The lowest BCUT2D eigenvalue weighted by Crippen LogP contribution is -1.89. The first-order valence-electron chi connectivity index (χ1n) is 13.6. The van der Waals surface area contributed by atoms with Crippen molar-refractivity contribution in [3.8, 4) is 44.5 Å². The predicted molar refractivity (Wildman–Crippen MR) is 165 cm³/mol. The summed E-state index contributed by atoms with van der Waals surface area (Å²) in [5, 5.41) is 2.24. The number of aryl methyl sites for hydroxylation is 2. The van der Waals surface area contributed by atoms with Crippen LogP contribution in [0.1, 0.15) is 16.7 Å². The Morgan fingerprint density at radius 3 is 1.43 bits per heavy atom. The molecule has 0 amide bonds. The van der Waals surface area contributed by atoms with Crippen LogP contribution in [0.4, 0.5) is 0 Å². The number of aromatic nitrogens is 2. The van der Waals surface area contributed by atoms with Gasteiger partial charge in [0.25, 0.3) is 0 Å². The van der Waals surface area contributed by atoms with Gasteiger partial charge in [-0.1, -0.05) is 60.7 Å². The average Bonchev–Trinajstić information content (AvgIpc) is 3.39. The van der Waals surface area contributed by atoms with Crippen LogP contribution in [0.2, 0.25) is 0 Å². The van der Waals surface area contributed by atoms with Crippen molar-refractivity contribution in [2.24, 2.45) is 0 Å². The highest BCUT2D eigenvalue weighted by Crippen LogP contribution is 2.42. The molecule has 0 aliphatic carbocycles. The molecule has 3 heteroatoms. The molecule has 7 rings (SSSR count). The van der Waals surface area contributed by atoms with E-state index in [1.807, 2.05) is 24.5 Å². The van der Waals surface area contributed by atoms with Gasteiger partial charge < -0.3 is 4.42 Å². The molecule has 3 heterocycles. The second kappa shape index (κ2) is 9.62. The van der Waals surface area contributed by atoms with Gasteiger partial charge in [0.05, 0.1) is 0 Å². The summed E-state index contributed by atoms with van der Waals surface area (Å²) in [6, 6.07) is 32.2. The van der Waals surface area contributed by atoms with E-state index in [0.717, 1.165) is 60.9 Å². The van der Waals surface area contributed by atoms with Gasteiger partial charge in [-0.05, 0) is 90.0 Å². The molecule has 0 saturated heterocycles. The van der Waals surface area contributed by atoms with Crippen LogP contribution in [-0.2, 0) is 0 Å². The second-order valence-electron chi connectivity index (χ2n) is 10.5. The number of fused-ring (bicyclic) bond motifs is 3. The fourth-order valence-corrected chi connectivity index (χ4v) is 5.65. The first-order valence-corrected chi connectivity index (χ1v) is 13.6. The maximum atomic E-state index is 6.80. The summed E-state index contributed by atoms with van der Waals surface area (Å²) in [6.07, 6.45) is 7.43. The Hall–Kier alpha value is -5.02. The largest absolute Gasteiger partial charge is 0.455 e. The summed E-state index contributed by atoms with van der Waals surface area (Å²) in [7, 11) is 0. The third kappa shape index (κ3) is 4.07. The van der Waals surface area contributed by atoms with Gasteiger partial charge in [0, 0.05) is 57.8 Å². The lowest BCUT2D eigenvalue weighted by molar-refractivity contribution is 0.671. The van der Waals surface area contributed by atoms with Gasteiger partial charge in [-0.25, -0.2) is 0 Å². The maximum absolute atomic E-state index is 6.80. The van der Waals surface area contributed by atoms with Crippen LogP contribution in [0.25, 0.3) is 66.4 Å². The molecule has 0 radical (unpaired) electrons. The van der Waals surface area contributed by atoms with E-state index >= 15 is 0 Å². The number of hydrogen-bond acceptors (Lipinski definition) is 3. The summed E-state index contributed by atoms with van der Waals surface area (Å²) in [5.41, 5.74) is 14.5. The van der Waals surface area contributed by atoms with E-state index in [1.54, 1.807) is 12.4 Å². The first kappa shape index (κ1) is 24.1. The van der Waals surface area contributed by atoms with E-state index < -0.39 is 0 Å². The average molecular weight is 517 g/mol. The van der Waals surface area contributed by atoms with Crippen LogP contribution in [0.15, 0.2) is 120 Å². The van der Waals surface area contributed by atoms with E-state index in [0.29, 0.717) is 0 Å². The van der Waals surface area contributed by atoms with Crippen molar-refractivity contribution in [3.63, 3.8) is 0 Å². The molecule has 4 aromatic carbocycles. The van der Waals surface area contributed by atoms with Crippen molar-refractivity contribution >= 4 is 21.9 Å². The van der Waals surface area contributed by atoms with Crippen LogP contribution >= 0.6 is 0 Å². The van der Waals surface area contributed by atoms with Crippen LogP contribution in [0.5, 0.6) is 0 Å². The van der Waals surface area contributed by atoms with Gasteiger partial charge in [-0.2, -0.15) is 0 Å². The summed E-state index contributed by atoms with van der Waals surface area (Å²) in [5.74, 6) is 0. The Balaban J connectivity index is 1.47. The number of rotatable bonds is 4. The maximum Gasteiger partial charge on any atom is 0.143 e. The fraction of sp³-hybridized carbons (Fsp3) is 0.0811. The molecule has 0 spiro atoms. The molecule has 0 saturated carbocycles. The third-order valence-electron chi connectivity index (χ3n) is 8.00. The van der Waals surface area contributed by atoms with Gasteiger partial charge in [-0.3, -0.25) is 9.97 Å². The van der Waals surface area contributed by atoms with Crippen molar-refractivity contribution < 1.29 is 4.42 Å². The minimum atomic E-state index is 0.894. The second-order valence-corrected chi connectivity index (χ2v) is 10.5. The number of furan rings is 1. The smallest absolute Gasteiger partial charge is 0.143 e. The molecule has 3 aromatic heterocycles. The summed E-state index contributed by atoms with van der Waals surface area (Å²) in [4.78, 5) is 8.74. The van der Waals surface area contributed by atoms with Crippen LogP contribution in [-0.4, -0.2) is 9.97 Å². The molecular weight excluding hydrogens is 488 g/mol. The first-order chi connectivity index (χ1) is 19.6. The molecular formula is C37H28N2O. The zero-order chi connectivity index (χ0) is 27.2. The van der Waals surface area contributed by atoms with Crippen molar-refractivity contribution in [3.05, 3.63) is 132 Å². The number of hydrogen-bond donors (Lipinski definition) is 0. The molecule has 0 aliphatic heterocycles. The van der Waals surface area contributed by atoms with Gasteiger partial charge in [0.1, 0.15) is 11.2 Å². The van der Waals surface area contributed by atoms with Crippen LogP contribution in [0, 0.1) is 20.8 Å². The van der Waals surface area contributed by atoms with E-state index in [2.05, 4.69) is 110 Å². The number of benzene rings is 4. The van der Waals surface area contributed by atoms with Crippen molar-refractivity contribution in [2.45, 2.75) is 20.8 Å². The summed E-state index contributed by atoms with van der Waals surface area (Å²) < 4.78 is 6.80. The zero-order valence-corrected chi connectivity index (χ0v) is 22.8. The Morgan fingerprint density at radius 1 is 0.475 bits per heavy atom. The van der Waals surface area contributed by atoms with Gasteiger partial charge in [0.15, 0.2) is 0 Å². The SMILES string of the molecule is Cc1cc(-c2cccc3c2oc2c(-c4cc(-c5cccnc5)cc(-c5cccnc5)c4)cccc23)cc(C)c1C. The number of para-hydroxylation sites is 2. The number of pyridine rings is 2. The quantitative estimate of drug-likeness (QED) is 0.234. The Bertz CT molecular complexity index is 1940. The minimum Gasteiger partial charge on any atom is -0.455 e. The highest BCUT2D eigenvalue weighted by Gasteiger charge is 2.17. The molecule has 0 unspecified atom stereocenters. The normalized spacial score (nSPS) is 11.4. The molecule has 0 N–H and O–H groups in total. The van der Waals surface area contributed by atoms with E-state index in [1.165, 1.54) is 22.3 Å². The van der Waals surface area contributed by atoms with Crippen LogP contribution in [0.3, 0.4) is 0 Å². The number of nitrogens with zero attached hydrogens (tertiary/aromatic N) is 2. The lowest BCUT2D eigenvalue weighted by Gasteiger charge is -2.11. The van der Waals surface area contributed by atoms with E-state index in [9.17, 15) is 0 Å². The molecule has 192 valence electrons. The standard InChI is InChI=1S/C37H28N2O/c1-23-16-30(17-24(2)25(23)3)32-10-4-12-34-35-13-5-11-33(37(35)40-36(32)34)31-19-28(26-8-6-14-38-21-26)18-29(20-31)27-9-7-15-39-22-27/h4-22H,1-3H3. The Labute approximate surface area is 233 Å². The molecule has 40 heavy (non-hydrogen) atoms. The highest BCUT2D eigenvalue weighted by molar-refractivity contribution is 6.13. The summed E-state index contributed by atoms with van der Waals surface area (Å²) >= 11 is 0. The summed E-state index contributed by atoms with van der Waals surface area (Å²) in [6.45, 7) is 6.54. The molecule has 0 bridgehead atoms. The molecule has 0 fully saturated rings. The van der Waals surface area contributed by atoms with Gasteiger partial charge >= 0.3 is 0 Å². The van der Waals surface area contributed by atoms with Crippen LogP contribution < -0.4 is 0 Å². The van der Waals surface area contributed by atoms with E-state index in [4.69, 9.17) is 4.42 Å². The molecule has 0 atom stereocenters. The fourth-order valence-electron chi connectivity index (χ4n) is 5.65. The third-order valence-corrected chi connectivity index (χ3v) is 8.00. The predicted octanol–water partition coefficient (Wildman–Crippen LogP) is 9.97. The van der Waals surface area contributed by atoms with Crippen molar-refractivity contribution in [1.82, 2.24) is 9.97 Å². The van der Waals surface area contributed by atoms with Gasteiger partial charge in [0.2, 0.25) is 0 Å². The molecule has 3 nitrogen and oxygen atoms in total. The Kier molecular flexibility index (Phi) is 5.78. The zero-order valence-electron chi connectivity index (χ0n) is 22.8. The molecule has 7 aromatic rings. The van der Waals surface area contributed by atoms with Crippen molar-refractivity contribution in [2.75, 3.05) is 0 Å². The monoisotopic (exact) mass is 516 g/mol. The minimum absolute atomic E-state index is 0.894. The highest BCUT2D eigenvalue weighted by atomic mass is 16.3. The topological polar surface area (TPSA) is 38.9 Å². The van der Waals surface area contributed by atoms with E-state index in [-0.39, 0.29) is 0 Å².